The van der Waals surface area contributed by atoms with Crippen LogP contribution in [0, 0.1) is 13.8 Å². The Hall–Kier alpha value is -2.54. The molecule has 0 unspecified atom stereocenters. The summed E-state index contributed by atoms with van der Waals surface area (Å²) in [5, 5.41) is 2.90. The maximum absolute atomic E-state index is 12.5. The van der Waals surface area contributed by atoms with Crippen molar-refractivity contribution in [2.24, 2.45) is 0 Å². The fraction of sp³-hybridized carbons (Fsp3) is 0.350. The quantitative estimate of drug-likeness (QED) is 0.789. The number of para-hydroxylation sites is 1. The van der Waals surface area contributed by atoms with Gasteiger partial charge >= 0.3 is 0 Å². The number of benzene rings is 2. The van der Waals surface area contributed by atoms with Gasteiger partial charge in [-0.25, -0.2) is 8.42 Å². The van der Waals surface area contributed by atoms with Gasteiger partial charge in [-0.1, -0.05) is 18.2 Å². The summed E-state index contributed by atoms with van der Waals surface area (Å²) in [6, 6.07) is 12.5. The smallest absolute Gasteiger partial charge is 0.251 e. The molecule has 2 rings (SSSR count). The van der Waals surface area contributed by atoms with E-state index in [-0.39, 0.29) is 11.9 Å². The maximum Gasteiger partial charge on any atom is 0.251 e. The highest BCUT2D eigenvalue weighted by Gasteiger charge is 2.17. The molecule has 0 bridgehead atoms. The van der Waals surface area contributed by atoms with Crippen LogP contribution in [0.25, 0.3) is 0 Å². The predicted octanol–water partition coefficient (Wildman–Crippen LogP) is 2.90. The summed E-state index contributed by atoms with van der Waals surface area (Å²) in [7, 11) is -1.86. The molecule has 0 spiro atoms. The van der Waals surface area contributed by atoms with Crippen molar-refractivity contribution in [2.45, 2.75) is 26.8 Å². The minimum Gasteiger partial charge on any atom is -0.491 e. The number of sulfonamides is 1. The average Bonchev–Trinajstić information content (AvgIpc) is 2.59. The van der Waals surface area contributed by atoms with Gasteiger partial charge in [-0.15, -0.1) is 0 Å². The number of hydrogen-bond donors (Lipinski definition) is 1. The molecule has 0 fully saturated rings. The van der Waals surface area contributed by atoms with Crippen LogP contribution in [-0.4, -0.2) is 40.3 Å². The largest absolute Gasteiger partial charge is 0.491 e. The van der Waals surface area contributed by atoms with Crippen molar-refractivity contribution in [1.82, 2.24) is 5.32 Å². The molecule has 0 aliphatic rings. The Labute approximate surface area is 161 Å². The molecule has 7 heteroatoms. The Kier molecular flexibility index (Phi) is 6.49. The summed E-state index contributed by atoms with van der Waals surface area (Å²) in [6.45, 7) is 5.97. The van der Waals surface area contributed by atoms with Crippen molar-refractivity contribution in [2.75, 3.05) is 24.2 Å². The number of carbonyl (C=O) groups excluding carboxylic acids is 1. The van der Waals surface area contributed by atoms with Crippen molar-refractivity contribution < 1.29 is 17.9 Å². The van der Waals surface area contributed by atoms with Crippen LogP contribution in [0.1, 0.15) is 28.4 Å². The first-order valence-corrected chi connectivity index (χ1v) is 10.5. The predicted molar refractivity (Wildman–Crippen MR) is 108 cm³/mol. The molecule has 146 valence electrons. The summed E-state index contributed by atoms with van der Waals surface area (Å²) in [4.78, 5) is 12.5. The lowest BCUT2D eigenvalue weighted by Crippen LogP contribution is -2.37. The normalized spacial score (nSPS) is 12.3. The van der Waals surface area contributed by atoms with E-state index in [4.69, 9.17) is 4.74 Å². The van der Waals surface area contributed by atoms with Crippen molar-refractivity contribution in [3.05, 3.63) is 59.2 Å². The van der Waals surface area contributed by atoms with Crippen LogP contribution in [0.15, 0.2) is 42.5 Å². The van der Waals surface area contributed by atoms with Crippen LogP contribution in [0.4, 0.5) is 5.69 Å². The highest BCUT2D eigenvalue weighted by Crippen LogP contribution is 2.22. The second-order valence-corrected chi connectivity index (χ2v) is 8.70. The monoisotopic (exact) mass is 390 g/mol. The van der Waals surface area contributed by atoms with E-state index < -0.39 is 10.0 Å². The van der Waals surface area contributed by atoms with E-state index in [1.165, 1.54) is 11.4 Å². The van der Waals surface area contributed by atoms with Gasteiger partial charge in [0.2, 0.25) is 10.0 Å². The first-order chi connectivity index (χ1) is 12.6. The maximum atomic E-state index is 12.5. The molecule has 0 saturated heterocycles. The zero-order valence-corrected chi connectivity index (χ0v) is 17.1. The van der Waals surface area contributed by atoms with Crippen LogP contribution in [-0.2, 0) is 10.0 Å². The molecule has 1 atom stereocenters. The van der Waals surface area contributed by atoms with E-state index >= 15 is 0 Å². The first kappa shape index (κ1) is 20.8. The van der Waals surface area contributed by atoms with E-state index in [0.29, 0.717) is 23.4 Å². The Morgan fingerprint density at radius 1 is 1.15 bits per heavy atom. The SMILES string of the molecule is Cc1ccccc1OC[C@H](C)NC(=O)c1ccc(N(C)S(C)(=O)=O)c(C)c1. The first-order valence-electron chi connectivity index (χ1n) is 8.63. The number of hydrogen-bond acceptors (Lipinski definition) is 4. The lowest BCUT2D eigenvalue weighted by atomic mass is 10.1. The number of carbonyl (C=O) groups is 1. The van der Waals surface area contributed by atoms with Crippen LogP contribution in [0.2, 0.25) is 0 Å². The summed E-state index contributed by atoms with van der Waals surface area (Å²) < 4.78 is 30.3. The average molecular weight is 391 g/mol. The van der Waals surface area contributed by atoms with Gasteiger partial charge in [0.15, 0.2) is 0 Å². The van der Waals surface area contributed by atoms with E-state index in [0.717, 1.165) is 17.6 Å². The standard InChI is InChI=1S/C20H26N2O4S/c1-14-8-6-7-9-19(14)26-13-16(3)21-20(23)17-10-11-18(15(2)12-17)22(4)27(5,24)25/h6-12,16H,13H2,1-5H3,(H,21,23)/t16-/m0/s1. The molecule has 0 heterocycles. The molecule has 27 heavy (non-hydrogen) atoms. The minimum absolute atomic E-state index is 0.184. The van der Waals surface area contributed by atoms with Crippen molar-refractivity contribution in [1.29, 1.82) is 0 Å². The number of rotatable bonds is 7. The molecule has 2 aromatic rings. The Bertz CT molecular complexity index is 925. The molecule has 0 saturated carbocycles. The van der Waals surface area contributed by atoms with Gasteiger partial charge in [0.25, 0.3) is 5.91 Å². The van der Waals surface area contributed by atoms with Gasteiger partial charge < -0.3 is 10.1 Å². The van der Waals surface area contributed by atoms with Gasteiger partial charge in [-0.3, -0.25) is 9.10 Å². The Morgan fingerprint density at radius 2 is 1.81 bits per heavy atom. The number of aryl methyl sites for hydroxylation is 2. The topological polar surface area (TPSA) is 75.7 Å². The number of nitrogens with zero attached hydrogens (tertiary/aromatic N) is 1. The third-order valence-corrected chi connectivity index (χ3v) is 5.45. The molecule has 1 N–H and O–H groups in total. The summed E-state index contributed by atoms with van der Waals surface area (Å²) >= 11 is 0. The lowest BCUT2D eigenvalue weighted by Gasteiger charge is -2.20. The number of ether oxygens (including phenoxy) is 1. The van der Waals surface area contributed by atoms with E-state index in [2.05, 4.69) is 5.32 Å². The van der Waals surface area contributed by atoms with E-state index in [1.54, 1.807) is 25.1 Å². The molecule has 6 nitrogen and oxygen atoms in total. The second-order valence-electron chi connectivity index (χ2n) is 6.68. The summed E-state index contributed by atoms with van der Waals surface area (Å²) in [6.07, 6.45) is 1.14. The van der Waals surface area contributed by atoms with Crippen molar-refractivity contribution in [3.63, 3.8) is 0 Å². The fourth-order valence-corrected chi connectivity index (χ4v) is 3.17. The lowest BCUT2D eigenvalue weighted by molar-refractivity contribution is 0.0926. The van der Waals surface area contributed by atoms with E-state index in [9.17, 15) is 13.2 Å². The van der Waals surface area contributed by atoms with E-state index in [1.807, 2.05) is 38.1 Å². The highest BCUT2D eigenvalue weighted by atomic mass is 32.2. The second kappa shape index (κ2) is 8.43. The molecule has 0 aliphatic heterocycles. The van der Waals surface area contributed by atoms with Crippen LogP contribution in [0.3, 0.4) is 0 Å². The van der Waals surface area contributed by atoms with Gasteiger partial charge in [-0.2, -0.15) is 0 Å². The summed E-state index contributed by atoms with van der Waals surface area (Å²) in [5.74, 6) is 0.565. The van der Waals surface area contributed by atoms with Gasteiger partial charge in [0.1, 0.15) is 12.4 Å². The van der Waals surface area contributed by atoms with Gasteiger partial charge in [0.05, 0.1) is 18.0 Å². The fourth-order valence-electron chi connectivity index (χ4n) is 2.61. The van der Waals surface area contributed by atoms with Crippen LogP contribution in [0.5, 0.6) is 5.75 Å². The molecule has 0 aromatic heterocycles. The van der Waals surface area contributed by atoms with Gasteiger partial charge in [0, 0.05) is 12.6 Å². The van der Waals surface area contributed by atoms with Crippen molar-refractivity contribution in [3.8, 4) is 5.75 Å². The molecule has 0 aliphatic carbocycles. The minimum atomic E-state index is -3.35. The third kappa shape index (κ3) is 5.47. The Balaban J connectivity index is 2.01. The highest BCUT2D eigenvalue weighted by molar-refractivity contribution is 7.92. The number of amides is 1. The summed E-state index contributed by atoms with van der Waals surface area (Å²) in [5.41, 5.74) is 2.77. The Morgan fingerprint density at radius 3 is 2.41 bits per heavy atom. The van der Waals surface area contributed by atoms with Gasteiger partial charge in [-0.05, 0) is 56.2 Å². The number of nitrogens with one attached hydrogen (secondary N) is 1. The third-order valence-electron chi connectivity index (χ3n) is 4.26. The molecular formula is C20H26N2O4S. The molecule has 2 aromatic carbocycles. The van der Waals surface area contributed by atoms with Crippen molar-refractivity contribution >= 4 is 21.6 Å². The molecule has 0 radical (unpaired) electrons. The molecule has 1 amide bonds. The molecular weight excluding hydrogens is 364 g/mol. The zero-order chi connectivity index (χ0) is 20.2. The van der Waals surface area contributed by atoms with Crippen LogP contribution >= 0.6 is 0 Å². The number of anilines is 1. The van der Waals surface area contributed by atoms with Crippen LogP contribution < -0.4 is 14.4 Å². The zero-order valence-electron chi connectivity index (χ0n) is 16.3.